The zero-order valence-electron chi connectivity index (χ0n) is 5.80. The van der Waals surface area contributed by atoms with Gasteiger partial charge in [-0.25, -0.2) is 0 Å². The Balaban J connectivity index is 4.41. The molecular weight excluding hydrogens is 148 g/mol. The van der Waals surface area contributed by atoms with Gasteiger partial charge in [0.05, 0.1) is 0 Å². The van der Waals surface area contributed by atoms with Gasteiger partial charge in [-0.15, -0.1) is 0 Å². The van der Waals surface area contributed by atoms with Crippen molar-refractivity contribution in [2.24, 2.45) is 0 Å². The SMILES string of the molecule is C=C/C=C(\C=C/C)C(=O)Cl. The van der Waals surface area contributed by atoms with Crippen LogP contribution < -0.4 is 0 Å². The molecule has 0 aliphatic carbocycles. The van der Waals surface area contributed by atoms with E-state index in [1.165, 1.54) is 6.08 Å². The molecule has 0 rings (SSSR count). The largest absolute Gasteiger partial charge is 0.276 e. The number of halogens is 1. The molecule has 0 fully saturated rings. The van der Waals surface area contributed by atoms with Gasteiger partial charge in [0.2, 0.25) is 0 Å². The third-order valence-corrected chi connectivity index (χ3v) is 1.09. The Morgan fingerprint density at radius 1 is 1.60 bits per heavy atom. The van der Waals surface area contributed by atoms with E-state index in [1.807, 2.05) is 6.92 Å². The van der Waals surface area contributed by atoms with Crippen molar-refractivity contribution in [1.29, 1.82) is 0 Å². The summed E-state index contributed by atoms with van der Waals surface area (Å²) in [5.41, 5.74) is 0.458. The molecular formula is C8H9ClO. The first kappa shape index (κ1) is 9.18. The van der Waals surface area contributed by atoms with Crippen LogP contribution in [0.25, 0.3) is 0 Å². The minimum absolute atomic E-state index is 0.458. The third kappa shape index (κ3) is 3.25. The van der Waals surface area contributed by atoms with Crippen LogP contribution in [-0.4, -0.2) is 5.24 Å². The lowest BCUT2D eigenvalue weighted by Crippen LogP contribution is -1.87. The van der Waals surface area contributed by atoms with Crippen LogP contribution in [0.15, 0.2) is 36.5 Å². The topological polar surface area (TPSA) is 17.1 Å². The zero-order valence-corrected chi connectivity index (χ0v) is 6.56. The predicted molar refractivity (Wildman–Crippen MR) is 44.0 cm³/mol. The van der Waals surface area contributed by atoms with Gasteiger partial charge in [-0.2, -0.15) is 0 Å². The van der Waals surface area contributed by atoms with E-state index in [0.717, 1.165) is 0 Å². The van der Waals surface area contributed by atoms with Gasteiger partial charge in [0.1, 0.15) is 0 Å². The molecule has 0 amide bonds. The van der Waals surface area contributed by atoms with Crippen LogP contribution in [0.3, 0.4) is 0 Å². The smallest absolute Gasteiger partial charge is 0.252 e. The highest BCUT2D eigenvalue weighted by Gasteiger charge is 1.97. The molecule has 0 aliphatic rings. The number of hydrogen-bond donors (Lipinski definition) is 0. The molecule has 0 saturated heterocycles. The van der Waals surface area contributed by atoms with E-state index >= 15 is 0 Å². The first-order valence-corrected chi connectivity index (χ1v) is 3.25. The van der Waals surface area contributed by atoms with Gasteiger partial charge in [0.25, 0.3) is 5.24 Å². The van der Waals surface area contributed by atoms with Crippen molar-refractivity contribution in [1.82, 2.24) is 0 Å². The van der Waals surface area contributed by atoms with Gasteiger partial charge in [0, 0.05) is 5.57 Å². The van der Waals surface area contributed by atoms with Crippen molar-refractivity contribution in [3.05, 3.63) is 36.5 Å². The average Bonchev–Trinajstić information content (AvgIpc) is 1.87. The molecule has 10 heavy (non-hydrogen) atoms. The average molecular weight is 157 g/mol. The van der Waals surface area contributed by atoms with Crippen LogP contribution in [0.5, 0.6) is 0 Å². The molecule has 0 atom stereocenters. The first-order chi connectivity index (χ1) is 4.72. The molecule has 0 spiro atoms. The molecule has 0 heterocycles. The molecule has 0 aromatic carbocycles. The zero-order chi connectivity index (χ0) is 7.98. The van der Waals surface area contributed by atoms with Crippen molar-refractivity contribution < 1.29 is 4.79 Å². The molecule has 0 N–H and O–H groups in total. The molecule has 0 unspecified atom stereocenters. The Bertz CT molecular complexity index is 189. The van der Waals surface area contributed by atoms with Crippen molar-refractivity contribution >= 4 is 16.8 Å². The number of allylic oxidation sites excluding steroid dienone is 5. The van der Waals surface area contributed by atoms with Gasteiger partial charge < -0.3 is 0 Å². The fourth-order valence-corrected chi connectivity index (χ4v) is 0.619. The maximum Gasteiger partial charge on any atom is 0.252 e. The molecule has 2 heteroatoms. The number of hydrogen-bond acceptors (Lipinski definition) is 1. The second kappa shape index (κ2) is 5.00. The summed E-state index contributed by atoms with van der Waals surface area (Å²) in [7, 11) is 0. The maximum atomic E-state index is 10.5. The third-order valence-electron chi connectivity index (χ3n) is 0.871. The van der Waals surface area contributed by atoms with Crippen LogP contribution in [0, 0.1) is 0 Å². The van der Waals surface area contributed by atoms with Gasteiger partial charge in [-0.1, -0.05) is 30.9 Å². The lowest BCUT2D eigenvalue weighted by Gasteiger charge is -1.88. The van der Waals surface area contributed by atoms with Crippen LogP contribution in [-0.2, 0) is 4.79 Å². The summed E-state index contributed by atoms with van der Waals surface area (Å²) in [6, 6.07) is 0. The minimum atomic E-state index is -0.460. The highest BCUT2D eigenvalue weighted by atomic mass is 35.5. The molecule has 0 aromatic heterocycles. The van der Waals surface area contributed by atoms with Crippen molar-refractivity contribution in [2.45, 2.75) is 6.92 Å². The summed E-state index contributed by atoms with van der Waals surface area (Å²) in [6.07, 6.45) is 6.47. The summed E-state index contributed by atoms with van der Waals surface area (Å²) in [5, 5.41) is -0.460. The second-order valence-electron chi connectivity index (χ2n) is 1.63. The Kier molecular flexibility index (Phi) is 4.59. The Labute approximate surface area is 65.7 Å². The van der Waals surface area contributed by atoms with E-state index in [-0.39, 0.29) is 0 Å². The molecule has 0 bridgehead atoms. The van der Waals surface area contributed by atoms with Crippen molar-refractivity contribution in [3.8, 4) is 0 Å². The molecule has 54 valence electrons. The van der Waals surface area contributed by atoms with Crippen molar-refractivity contribution in [3.63, 3.8) is 0 Å². The van der Waals surface area contributed by atoms with Gasteiger partial charge in [0.15, 0.2) is 0 Å². The monoisotopic (exact) mass is 156 g/mol. The highest BCUT2D eigenvalue weighted by Crippen LogP contribution is 2.01. The summed E-state index contributed by atoms with van der Waals surface area (Å²) in [4.78, 5) is 10.5. The quantitative estimate of drug-likeness (QED) is 0.349. The maximum absolute atomic E-state index is 10.5. The highest BCUT2D eigenvalue weighted by molar-refractivity contribution is 6.68. The lowest BCUT2D eigenvalue weighted by atomic mass is 10.2. The van der Waals surface area contributed by atoms with Crippen LogP contribution in [0.4, 0.5) is 0 Å². The summed E-state index contributed by atoms with van der Waals surface area (Å²) in [6.45, 7) is 5.26. The number of rotatable bonds is 3. The first-order valence-electron chi connectivity index (χ1n) is 2.87. The number of carbonyl (C=O) groups excluding carboxylic acids is 1. The fourth-order valence-electron chi connectivity index (χ4n) is 0.493. The van der Waals surface area contributed by atoms with Crippen LogP contribution in [0.1, 0.15) is 6.92 Å². The molecule has 0 aromatic rings. The minimum Gasteiger partial charge on any atom is -0.276 e. The standard InChI is InChI=1S/C8H9ClO/c1-3-5-7(6-4-2)8(9)10/h3-6H,1H2,2H3/b6-4-,7-5+. The Hall–Kier alpha value is -0.820. The van der Waals surface area contributed by atoms with Gasteiger partial charge in [-0.05, 0) is 18.5 Å². The predicted octanol–water partition coefficient (Wildman–Crippen LogP) is 2.44. The summed E-state index contributed by atoms with van der Waals surface area (Å²) >= 11 is 5.20. The molecule has 0 aliphatic heterocycles. The Morgan fingerprint density at radius 3 is 2.50 bits per heavy atom. The van der Waals surface area contributed by atoms with Crippen molar-refractivity contribution in [2.75, 3.05) is 0 Å². The molecule has 0 radical (unpaired) electrons. The lowest BCUT2D eigenvalue weighted by molar-refractivity contribution is -0.108. The van der Waals surface area contributed by atoms with E-state index in [0.29, 0.717) is 5.57 Å². The normalized spacial score (nSPS) is 12.0. The molecule has 1 nitrogen and oxygen atoms in total. The van der Waals surface area contributed by atoms with E-state index in [1.54, 1.807) is 18.2 Å². The van der Waals surface area contributed by atoms with Crippen LogP contribution in [0.2, 0.25) is 0 Å². The second-order valence-corrected chi connectivity index (χ2v) is 1.97. The van der Waals surface area contributed by atoms with E-state index in [4.69, 9.17) is 11.6 Å². The molecule has 0 saturated carbocycles. The van der Waals surface area contributed by atoms with Gasteiger partial charge >= 0.3 is 0 Å². The number of carbonyl (C=O) groups is 1. The summed E-state index contributed by atoms with van der Waals surface area (Å²) in [5.74, 6) is 0. The fraction of sp³-hybridized carbons (Fsp3) is 0.125. The van der Waals surface area contributed by atoms with E-state index in [9.17, 15) is 4.79 Å². The van der Waals surface area contributed by atoms with Crippen LogP contribution >= 0.6 is 11.6 Å². The van der Waals surface area contributed by atoms with E-state index in [2.05, 4.69) is 6.58 Å². The van der Waals surface area contributed by atoms with E-state index < -0.39 is 5.24 Å². The summed E-state index contributed by atoms with van der Waals surface area (Å²) < 4.78 is 0. The van der Waals surface area contributed by atoms with Gasteiger partial charge in [-0.3, -0.25) is 4.79 Å². The Morgan fingerprint density at radius 2 is 2.20 bits per heavy atom.